The molecule has 0 bridgehead atoms. The van der Waals surface area contributed by atoms with E-state index >= 15 is 0 Å². The van der Waals surface area contributed by atoms with Crippen molar-refractivity contribution < 1.29 is 14.7 Å². The molecular formula is C20H31N2O2+. The van der Waals surface area contributed by atoms with Gasteiger partial charge in [0.2, 0.25) is 0 Å². The number of para-hydroxylation sites is 1. The number of piperidine rings is 1. The van der Waals surface area contributed by atoms with Crippen molar-refractivity contribution in [3.63, 3.8) is 0 Å². The van der Waals surface area contributed by atoms with Crippen molar-refractivity contribution in [2.24, 2.45) is 4.99 Å². The van der Waals surface area contributed by atoms with Gasteiger partial charge in [-0.05, 0) is 44.2 Å². The van der Waals surface area contributed by atoms with Crippen molar-refractivity contribution >= 4 is 6.21 Å². The fraction of sp³-hybridized carbons (Fsp3) is 0.650. The van der Waals surface area contributed by atoms with Gasteiger partial charge in [0.15, 0.2) is 11.5 Å². The zero-order chi connectivity index (χ0) is 16.8. The van der Waals surface area contributed by atoms with Crippen LogP contribution in [0.2, 0.25) is 0 Å². The molecule has 1 aromatic carbocycles. The summed E-state index contributed by atoms with van der Waals surface area (Å²) < 4.78 is 5.18. The minimum atomic E-state index is 0.187. The molecule has 0 spiro atoms. The molecule has 0 amide bonds. The normalized spacial score (nSPS) is 21.9. The molecule has 4 nitrogen and oxygen atoms in total. The summed E-state index contributed by atoms with van der Waals surface area (Å²) in [6.45, 7) is 3.48. The first-order valence-electron chi connectivity index (χ1n) is 9.46. The van der Waals surface area contributed by atoms with E-state index in [9.17, 15) is 5.11 Å². The lowest BCUT2D eigenvalue weighted by molar-refractivity contribution is -0.957. The van der Waals surface area contributed by atoms with Crippen LogP contribution < -0.4 is 9.64 Å². The van der Waals surface area contributed by atoms with Crippen LogP contribution in [0, 0.1) is 0 Å². The number of phenolic OH excluding ortho intramolecular Hbond substituents is 1. The SMILES string of the molecule is COc1cccc(C=NCC2([NH+]3CCCCC3)CCCCC2)c1O. The van der Waals surface area contributed by atoms with E-state index in [1.165, 1.54) is 64.5 Å². The highest BCUT2D eigenvalue weighted by atomic mass is 16.5. The third-order valence-electron chi connectivity index (χ3n) is 5.89. The Bertz CT molecular complexity index is 559. The molecular weight excluding hydrogens is 300 g/mol. The summed E-state index contributed by atoms with van der Waals surface area (Å²) in [6, 6.07) is 5.56. The number of hydrogen-bond acceptors (Lipinski definition) is 3. The average molecular weight is 331 g/mol. The van der Waals surface area contributed by atoms with Crippen molar-refractivity contribution in [2.45, 2.75) is 56.9 Å². The summed E-state index contributed by atoms with van der Waals surface area (Å²) in [5.74, 6) is 0.694. The van der Waals surface area contributed by atoms with Crippen LogP contribution in [0.4, 0.5) is 0 Å². The maximum atomic E-state index is 10.2. The van der Waals surface area contributed by atoms with Crippen molar-refractivity contribution in [2.75, 3.05) is 26.7 Å². The van der Waals surface area contributed by atoms with Crippen LogP contribution in [0.25, 0.3) is 0 Å². The zero-order valence-corrected chi connectivity index (χ0v) is 14.9. The second-order valence-electron chi connectivity index (χ2n) is 7.37. The van der Waals surface area contributed by atoms with Crippen LogP contribution in [0.15, 0.2) is 23.2 Å². The van der Waals surface area contributed by atoms with E-state index in [2.05, 4.69) is 0 Å². The Hall–Kier alpha value is -1.55. The van der Waals surface area contributed by atoms with Gasteiger partial charge in [0, 0.05) is 24.6 Å². The molecule has 1 saturated carbocycles. The molecule has 1 aromatic rings. The number of methoxy groups -OCH3 is 1. The molecule has 24 heavy (non-hydrogen) atoms. The van der Waals surface area contributed by atoms with Crippen LogP contribution in [-0.4, -0.2) is 43.6 Å². The number of hydrogen-bond donors (Lipinski definition) is 2. The predicted molar refractivity (Wildman–Crippen MR) is 97.5 cm³/mol. The van der Waals surface area contributed by atoms with Crippen LogP contribution >= 0.6 is 0 Å². The lowest BCUT2D eigenvalue weighted by Crippen LogP contribution is -3.21. The minimum Gasteiger partial charge on any atom is -0.504 e. The quantitative estimate of drug-likeness (QED) is 0.815. The summed E-state index contributed by atoms with van der Waals surface area (Å²) in [4.78, 5) is 6.57. The molecule has 2 aliphatic rings. The molecule has 4 heteroatoms. The molecule has 1 aliphatic heterocycles. The molecule has 0 atom stereocenters. The van der Waals surface area contributed by atoms with Crippen molar-refractivity contribution in [3.05, 3.63) is 23.8 Å². The second-order valence-corrected chi connectivity index (χ2v) is 7.37. The van der Waals surface area contributed by atoms with E-state index in [0.717, 1.165) is 12.1 Å². The molecule has 1 saturated heterocycles. The number of likely N-dealkylation sites (tertiary alicyclic amines) is 1. The highest BCUT2D eigenvalue weighted by Crippen LogP contribution is 2.29. The lowest BCUT2D eigenvalue weighted by atomic mass is 9.79. The maximum absolute atomic E-state index is 10.2. The third-order valence-corrected chi connectivity index (χ3v) is 5.89. The highest BCUT2D eigenvalue weighted by Gasteiger charge is 2.41. The van der Waals surface area contributed by atoms with Gasteiger partial charge < -0.3 is 14.7 Å². The van der Waals surface area contributed by atoms with Crippen molar-refractivity contribution in [1.82, 2.24) is 0 Å². The third kappa shape index (κ3) is 3.75. The Morgan fingerprint density at radius 1 is 1.12 bits per heavy atom. The van der Waals surface area contributed by atoms with Crippen LogP contribution in [0.1, 0.15) is 56.9 Å². The highest BCUT2D eigenvalue weighted by molar-refractivity contribution is 5.84. The van der Waals surface area contributed by atoms with Gasteiger partial charge in [-0.2, -0.15) is 0 Å². The van der Waals surface area contributed by atoms with Crippen LogP contribution in [0.3, 0.4) is 0 Å². The van der Waals surface area contributed by atoms with E-state index in [1.54, 1.807) is 18.1 Å². The number of aliphatic imine (C=N–C) groups is 1. The standard InChI is InChI=1S/C20H30N2O2/c1-24-18-10-8-9-17(19(18)23)15-21-16-20(11-4-2-5-12-20)22-13-6-3-7-14-22/h8-10,15,23H,2-7,11-14,16H2,1H3/p+1. The Balaban J connectivity index is 1.73. The van der Waals surface area contributed by atoms with Gasteiger partial charge in [-0.1, -0.05) is 12.5 Å². The van der Waals surface area contributed by atoms with Crippen LogP contribution in [0.5, 0.6) is 11.5 Å². The Morgan fingerprint density at radius 3 is 2.54 bits per heavy atom. The summed E-state index contributed by atoms with van der Waals surface area (Å²) in [7, 11) is 1.58. The summed E-state index contributed by atoms with van der Waals surface area (Å²) >= 11 is 0. The molecule has 0 unspecified atom stereocenters. The monoisotopic (exact) mass is 331 g/mol. The first-order valence-corrected chi connectivity index (χ1v) is 9.46. The fourth-order valence-electron chi connectivity index (χ4n) is 4.49. The molecule has 0 radical (unpaired) electrons. The molecule has 132 valence electrons. The number of benzene rings is 1. The lowest BCUT2D eigenvalue weighted by Gasteiger charge is -2.44. The summed E-state index contributed by atoms with van der Waals surface area (Å²) in [5.41, 5.74) is 1.07. The molecule has 2 N–H and O–H groups in total. The van der Waals surface area contributed by atoms with Gasteiger partial charge in [-0.25, -0.2) is 0 Å². The maximum Gasteiger partial charge on any atom is 0.166 e. The Kier molecular flexibility index (Phi) is 5.77. The van der Waals surface area contributed by atoms with Gasteiger partial charge in [0.05, 0.1) is 26.7 Å². The average Bonchev–Trinajstić information content (AvgIpc) is 2.65. The number of rotatable bonds is 5. The van der Waals surface area contributed by atoms with Crippen molar-refractivity contribution in [3.8, 4) is 11.5 Å². The van der Waals surface area contributed by atoms with Gasteiger partial charge in [-0.3, -0.25) is 4.99 Å². The van der Waals surface area contributed by atoms with E-state index in [0.29, 0.717) is 11.3 Å². The van der Waals surface area contributed by atoms with Gasteiger partial charge in [0.25, 0.3) is 0 Å². The largest absolute Gasteiger partial charge is 0.504 e. The predicted octanol–water partition coefficient (Wildman–Crippen LogP) is 2.59. The molecule has 0 aromatic heterocycles. The molecule has 1 heterocycles. The van der Waals surface area contributed by atoms with E-state index < -0.39 is 0 Å². The number of phenols is 1. The van der Waals surface area contributed by atoms with E-state index in [1.807, 2.05) is 18.3 Å². The number of quaternary nitrogens is 1. The summed E-state index contributed by atoms with van der Waals surface area (Å²) in [6.07, 6.45) is 12.6. The topological polar surface area (TPSA) is 46.3 Å². The van der Waals surface area contributed by atoms with E-state index in [4.69, 9.17) is 9.73 Å². The fourth-order valence-corrected chi connectivity index (χ4v) is 4.49. The first-order chi connectivity index (χ1) is 11.7. The second kappa shape index (κ2) is 8.02. The first kappa shape index (κ1) is 17.3. The zero-order valence-electron chi connectivity index (χ0n) is 14.9. The Labute approximate surface area is 145 Å². The Morgan fingerprint density at radius 2 is 1.83 bits per heavy atom. The van der Waals surface area contributed by atoms with Gasteiger partial charge in [0.1, 0.15) is 5.54 Å². The van der Waals surface area contributed by atoms with Crippen LogP contribution in [-0.2, 0) is 0 Å². The summed E-state index contributed by atoms with van der Waals surface area (Å²) in [5, 5.41) is 10.2. The number of ether oxygens (including phenoxy) is 1. The van der Waals surface area contributed by atoms with Gasteiger partial charge >= 0.3 is 0 Å². The number of nitrogens with zero attached hydrogens (tertiary/aromatic N) is 1. The molecule has 3 rings (SSSR count). The number of nitrogens with one attached hydrogen (secondary N) is 1. The smallest absolute Gasteiger partial charge is 0.166 e. The van der Waals surface area contributed by atoms with Gasteiger partial charge in [-0.15, -0.1) is 0 Å². The van der Waals surface area contributed by atoms with E-state index in [-0.39, 0.29) is 5.75 Å². The molecule has 1 aliphatic carbocycles. The minimum absolute atomic E-state index is 0.187. The van der Waals surface area contributed by atoms with Crippen molar-refractivity contribution in [1.29, 1.82) is 0 Å². The molecule has 2 fully saturated rings. The number of aromatic hydroxyl groups is 1.